The molecule has 2 N–H and O–H groups in total. The third-order valence-electron chi connectivity index (χ3n) is 5.28. The Bertz CT molecular complexity index is 1440. The minimum atomic E-state index is -4.05. The molecule has 0 saturated carbocycles. The van der Waals surface area contributed by atoms with Crippen LogP contribution >= 0.6 is 0 Å². The van der Waals surface area contributed by atoms with Gasteiger partial charge in [0.2, 0.25) is 10.0 Å². The molecule has 0 saturated heterocycles. The molecule has 1 atom stereocenters. The molecule has 0 fully saturated rings. The lowest BCUT2D eigenvalue weighted by atomic mass is 10.0. The number of para-hydroxylation sites is 1. The fraction of sp³-hybridized carbons (Fsp3) is 0.174. The number of nitrogens with one attached hydrogen (secondary N) is 2. The number of hydrogen-bond acceptors (Lipinski definition) is 5. The summed E-state index contributed by atoms with van der Waals surface area (Å²) in [5.74, 6) is -0.605. The van der Waals surface area contributed by atoms with Crippen molar-refractivity contribution in [2.45, 2.75) is 24.3 Å². The molecule has 0 aliphatic carbocycles. The van der Waals surface area contributed by atoms with Crippen LogP contribution in [0.2, 0.25) is 0 Å². The molecule has 0 radical (unpaired) electrons. The molecule has 9 heteroatoms. The number of pyridine rings is 1. The number of nitriles is 1. The van der Waals surface area contributed by atoms with Gasteiger partial charge in [-0.2, -0.15) is 9.98 Å². The molecule has 0 bridgehead atoms. The zero-order chi connectivity index (χ0) is 22.7. The standard InChI is InChI=1S/C23H21N5O3S/c1-2-28(15-24)23(29)22(13-17-14-26-21-8-4-3-7-19(17)21)27-32(30,31)18-9-10-20-16(12-18)6-5-11-25-20/h3-12,14,22,26-27H,2,13H2,1H3. The lowest BCUT2D eigenvalue weighted by molar-refractivity contribution is -0.129. The number of likely N-dealkylation sites (N-methyl/N-ethyl adjacent to an activating group) is 1. The minimum absolute atomic E-state index is 0.0229. The number of sulfonamides is 1. The van der Waals surface area contributed by atoms with E-state index < -0.39 is 22.0 Å². The number of amides is 1. The molecule has 4 aromatic rings. The van der Waals surface area contributed by atoms with Gasteiger partial charge in [0.15, 0.2) is 6.19 Å². The maximum Gasteiger partial charge on any atom is 0.254 e. The first-order valence-electron chi connectivity index (χ1n) is 10.1. The highest BCUT2D eigenvalue weighted by Crippen LogP contribution is 2.22. The van der Waals surface area contributed by atoms with Gasteiger partial charge in [-0.05, 0) is 49.2 Å². The highest BCUT2D eigenvalue weighted by Gasteiger charge is 2.30. The Kier molecular flexibility index (Phi) is 5.90. The van der Waals surface area contributed by atoms with Gasteiger partial charge in [-0.15, -0.1) is 0 Å². The van der Waals surface area contributed by atoms with Crippen molar-refractivity contribution < 1.29 is 13.2 Å². The van der Waals surface area contributed by atoms with Crippen LogP contribution in [0.25, 0.3) is 21.8 Å². The van der Waals surface area contributed by atoms with E-state index >= 15 is 0 Å². The molecule has 32 heavy (non-hydrogen) atoms. The number of aromatic nitrogens is 2. The van der Waals surface area contributed by atoms with Crippen LogP contribution in [0.15, 0.2) is 71.9 Å². The number of fused-ring (bicyclic) bond motifs is 2. The van der Waals surface area contributed by atoms with Crippen molar-refractivity contribution >= 4 is 37.7 Å². The van der Waals surface area contributed by atoms with E-state index in [0.717, 1.165) is 21.4 Å². The van der Waals surface area contributed by atoms with E-state index in [1.54, 1.807) is 37.5 Å². The molecule has 162 valence electrons. The molecule has 1 unspecified atom stereocenters. The van der Waals surface area contributed by atoms with Crippen LogP contribution in [-0.4, -0.2) is 41.8 Å². The van der Waals surface area contributed by atoms with Gasteiger partial charge in [-0.3, -0.25) is 9.78 Å². The highest BCUT2D eigenvalue weighted by molar-refractivity contribution is 7.89. The predicted octanol–water partition coefficient (Wildman–Crippen LogP) is 2.94. The maximum atomic E-state index is 13.2. The summed E-state index contributed by atoms with van der Waals surface area (Å²) in [6.45, 7) is 1.80. The summed E-state index contributed by atoms with van der Waals surface area (Å²) in [7, 11) is -4.05. The van der Waals surface area contributed by atoms with Crippen LogP contribution in [0, 0.1) is 11.5 Å². The molecular formula is C23H21N5O3S. The van der Waals surface area contributed by atoms with Crippen LogP contribution in [0.5, 0.6) is 0 Å². The topological polar surface area (TPSA) is 119 Å². The lowest BCUT2D eigenvalue weighted by Gasteiger charge is -2.21. The fourth-order valence-corrected chi connectivity index (χ4v) is 4.86. The monoisotopic (exact) mass is 447 g/mol. The molecule has 0 spiro atoms. The van der Waals surface area contributed by atoms with Gasteiger partial charge in [0.05, 0.1) is 10.4 Å². The van der Waals surface area contributed by atoms with Crippen LogP contribution in [0.1, 0.15) is 12.5 Å². The average Bonchev–Trinajstić information content (AvgIpc) is 3.21. The van der Waals surface area contributed by atoms with E-state index in [1.165, 1.54) is 12.1 Å². The number of carbonyl (C=O) groups excluding carboxylic acids is 1. The van der Waals surface area contributed by atoms with E-state index in [9.17, 15) is 18.5 Å². The smallest absolute Gasteiger partial charge is 0.254 e. The van der Waals surface area contributed by atoms with Gasteiger partial charge in [0.1, 0.15) is 6.04 Å². The summed E-state index contributed by atoms with van der Waals surface area (Å²) in [6, 6.07) is 14.5. The van der Waals surface area contributed by atoms with Crippen molar-refractivity contribution in [2.75, 3.05) is 6.54 Å². The van der Waals surface area contributed by atoms with E-state index in [1.807, 2.05) is 30.5 Å². The quantitative estimate of drug-likeness (QED) is 0.333. The first kappa shape index (κ1) is 21.5. The zero-order valence-electron chi connectivity index (χ0n) is 17.3. The molecule has 1 amide bonds. The van der Waals surface area contributed by atoms with Crippen molar-refractivity contribution in [3.8, 4) is 6.19 Å². The third kappa shape index (κ3) is 4.19. The average molecular weight is 448 g/mol. The summed E-state index contributed by atoms with van der Waals surface area (Å²) < 4.78 is 28.9. The Balaban J connectivity index is 1.70. The Morgan fingerprint density at radius 3 is 2.81 bits per heavy atom. The number of nitrogens with zero attached hydrogens (tertiary/aromatic N) is 3. The molecule has 2 aromatic heterocycles. The number of rotatable bonds is 7. The largest absolute Gasteiger partial charge is 0.361 e. The Hall–Kier alpha value is -3.74. The van der Waals surface area contributed by atoms with Crippen molar-refractivity contribution in [2.24, 2.45) is 0 Å². The van der Waals surface area contributed by atoms with Gasteiger partial charge >= 0.3 is 0 Å². The molecule has 8 nitrogen and oxygen atoms in total. The van der Waals surface area contributed by atoms with Crippen LogP contribution in [-0.2, 0) is 21.2 Å². The Morgan fingerprint density at radius 1 is 1.22 bits per heavy atom. The van der Waals surface area contributed by atoms with Crippen LogP contribution in [0.4, 0.5) is 0 Å². The molecule has 0 aliphatic heterocycles. The normalized spacial score (nSPS) is 12.5. The Morgan fingerprint density at radius 2 is 2.03 bits per heavy atom. The van der Waals surface area contributed by atoms with Crippen molar-refractivity contribution in [3.63, 3.8) is 0 Å². The van der Waals surface area contributed by atoms with E-state index in [-0.39, 0.29) is 17.9 Å². The van der Waals surface area contributed by atoms with E-state index in [4.69, 9.17) is 0 Å². The van der Waals surface area contributed by atoms with Crippen molar-refractivity contribution in [1.82, 2.24) is 19.6 Å². The first-order valence-corrected chi connectivity index (χ1v) is 11.5. The van der Waals surface area contributed by atoms with Gasteiger partial charge in [-0.25, -0.2) is 13.3 Å². The highest BCUT2D eigenvalue weighted by atomic mass is 32.2. The Labute approximate surface area is 185 Å². The number of H-pyrrole nitrogens is 1. The second-order valence-corrected chi connectivity index (χ2v) is 8.99. The second-order valence-electron chi connectivity index (χ2n) is 7.28. The zero-order valence-corrected chi connectivity index (χ0v) is 18.1. The number of carbonyl (C=O) groups is 1. The fourth-order valence-electron chi connectivity index (χ4n) is 3.64. The SMILES string of the molecule is CCN(C#N)C(=O)C(Cc1c[nH]c2ccccc12)NS(=O)(=O)c1ccc2ncccc2c1. The molecule has 0 aliphatic rings. The minimum Gasteiger partial charge on any atom is -0.361 e. The van der Waals surface area contributed by atoms with Crippen LogP contribution < -0.4 is 4.72 Å². The molecular weight excluding hydrogens is 426 g/mol. The number of aromatic amines is 1. The second kappa shape index (κ2) is 8.78. The van der Waals surface area contributed by atoms with E-state index in [2.05, 4.69) is 14.7 Å². The summed E-state index contributed by atoms with van der Waals surface area (Å²) in [5.41, 5.74) is 2.32. The summed E-state index contributed by atoms with van der Waals surface area (Å²) in [6.07, 6.45) is 5.31. The maximum absolute atomic E-state index is 13.2. The van der Waals surface area contributed by atoms with Crippen molar-refractivity contribution in [1.29, 1.82) is 5.26 Å². The van der Waals surface area contributed by atoms with Crippen LogP contribution in [0.3, 0.4) is 0 Å². The summed E-state index contributed by atoms with van der Waals surface area (Å²) in [5, 5.41) is 10.9. The first-order chi connectivity index (χ1) is 15.4. The van der Waals surface area contributed by atoms with E-state index in [0.29, 0.717) is 10.9 Å². The third-order valence-corrected chi connectivity index (χ3v) is 6.75. The lowest BCUT2D eigenvalue weighted by Crippen LogP contribution is -2.48. The number of hydrogen-bond donors (Lipinski definition) is 2. The summed E-state index contributed by atoms with van der Waals surface area (Å²) in [4.78, 5) is 21.4. The molecule has 2 heterocycles. The molecule has 4 rings (SSSR count). The van der Waals surface area contributed by atoms with Gasteiger partial charge < -0.3 is 4.98 Å². The number of benzene rings is 2. The van der Waals surface area contributed by atoms with Gasteiger partial charge in [0.25, 0.3) is 5.91 Å². The van der Waals surface area contributed by atoms with Crippen molar-refractivity contribution in [3.05, 3.63) is 72.6 Å². The van der Waals surface area contributed by atoms with Gasteiger partial charge in [-0.1, -0.05) is 24.3 Å². The molecule has 2 aromatic carbocycles. The predicted molar refractivity (Wildman–Crippen MR) is 121 cm³/mol. The summed E-state index contributed by atoms with van der Waals surface area (Å²) >= 11 is 0. The van der Waals surface area contributed by atoms with Gasteiger partial charge in [0, 0.05) is 35.2 Å².